The first-order valence-corrected chi connectivity index (χ1v) is 11.5. The van der Waals surface area contributed by atoms with E-state index < -0.39 is 0 Å². The van der Waals surface area contributed by atoms with E-state index in [0.29, 0.717) is 17.6 Å². The van der Waals surface area contributed by atoms with Gasteiger partial charge in [0.05, 0.1) is 23.0 Å². The van der Waals surface area contributed by atoms with Gasteiger partial charge in [0.15, 0.2) is 5.82 Å². The molecule has 0 radical (unpaired) electrons. The molecule has 3 aliphatic rings. The third kappa shape index (κ3) is 2.84. The van der Waals surface area contributed by atoms with E-state index in [4.69, 9.17) is 5.26 Å². The third-order valence-corrected chi connectivity index (χ3v) is 7.38. The van der Waals surface area contributed by atoms with Crippen LogP contribution in [-0.2, 0) is 6.54 Å². The molecule has 0 saturated carbocycles. The number of nitrogens with zero attached hydrogens (tertiary/aromatic N) is 6. The van der Waals surface area contributed by atoms with E-state index >= 15 is 0 Å². The standard InChI is InChI=1S/C26H23N7/c27-13-17-1-3-18(4-2-17)19-12-25-26-29-16-30-33(26)23-6-5-21(11-20(23)15-31(25)14-19)32-10-8-22-24(32)7-9-28-22/h1-6,11-12,14,16,22,24,28H,7-10,15H2/t22-,24+/m1/s1. The molecule has 2 atom stereocenters. The minimum atomic E-state index is 0.598. The summed E-state index contributed by atoms with van der Waals surface area (Å²) in [7, 11) is 0. The van der Waals surface area contributed by atoms with Gasteiger partial charge in [0, 0.05) is 42.6 Å². The van der Waals surface area contributed by atoms with Gasteiger partial charge in [-0.3, -0.25) is 0 Å². The monoisotopic (exact) mass is 433 g/mol. The van der Waals surface area contributed by atoms with Crippen molar-refractivity contribution in [2.45, 2.75) is 31.5 Å². The maximum atomic E-state index is 9.11. The van der Waals surface area contributed by atoms with Crippen LogP contribution in [0.2, 0.25) is 0 Å². The minimum Gasteiger partial charge on any atom is -0.367 e. The van der Waals surface area contributed by atoms with Crippen molar-refractivity contribution in [3.8, 4) is 34.4 Å². The van der Waals surface area contributed by atoms with Crippen LogP contribution in [0.5, 0.6) is 0 Å². The molecular formula is C26H23N7. The van der Waals surface area contributed by atoms with E-state index in [1.807, 2.05) is 28.9 Å². The predicted octanol–water partition coefficient (Wildman–Crippen LogP) is 3.58. The summed E-state index contributed by atoms with van der Waals surface area (Å²) in [4.78, 5) is 7.18. The van der Waals surface area contributed by atoms with E-state index in [-0.39, 0.29) is 0 Å². The van der Waals surface area contributed by atoms with Gasteiger partial charge in [0.1, 0.15) is 6.33 Å². The molecule has 33 heavy (non-hydrogen) atoms. The summed E-state index contributed by atoms with van der Waals surface area (Å²) in [6.45, 7) is 2.98. The van der Waals surface area contributed by atoms with Gasteiger partial charge in [-0.2, -0.15) is 10.4 Å². The smallest absolute Gasteiger partial charge is 0.179 e. The zero-order chi connectivity index (χ0) is 21.9. The summed E-state index contributed by atoms with van der Waals surface area (Å²) in [6, 6.07) is 20.1. The zero-order valence-electron chi connectivity index (χ0n) is 18.1. The number of aromatic nitrogens is 4. The minimum absolute atomic E-state index is 0.598. The average Bonchev–Trinajstić information content (AvgIpc) is 3.62. The van der Waals surface area contributed by atoms with Crippen LogP contribution >= 0.6 is 0 Å². The highest BCUT2D eigenvalue weighted by Gasteiger charge is 2.37. The SMILES string of the molecule is N#Cc1ccc(-c2cc3n(c2)Cc2cc(N4CC[C@H]5NCC[C@@H]54)ccc2-n2ncnc2-3)cc1. The van der Waals surface area contributed by atoms with E-state index in [2.05, 4.69) is 61.4 Å². The van der Waals surface area contributed by atoms with Crippen molar-refractivity contribution in [3.63, 3.8) is 0 Å². The van der Waals surface area contributed by atoms with Crippen LogP contribution in [0.15, 0.2) is 61.1 Å². The second-order valence-electron chi connectivity index (χ2n) is 9.14. The fourth-order valence-corrected chi connectivity index (χ4v) is 5.77. The van der Waals surface area contributed by atoms with Crippen LogP contribution in [0.25, 0.3) is 28.3 Å². The van der Waals surface area contributed by atoms with Crippen molar-refractivity contribution in [1.29, 1.82) is 5.26 Å². The Labute approximate surface area is 191 Å². The predicted molar refractivity (Wildman–Crippen MR) is 126 cm³/mol. The molecule has 2 aromatic carbocycles. The Bertz CT molecular complexity index is 1410. The quantitative estimate of drug-likeness (QED) is 0.461. The molecule has 0 unspecified atom stereocenters. The first-order chi connectivity index (χ1) is 16.3. The Morgan fingerprint density at radius 3 is 2.82 bits per heavy atom. The molecule has 2 saturated heterocycles. The average molecular weight is 434 g/mol. The normalized spacial score (nSPS) is 20.5. The highest BCUT2D eigenvalue weighted by Crippen LogP contribution is 2.36. The van der Waals surface area contributed by atoms with Crippen molar-refractivity contribution in [2.24, 2.45) is 0 Å². The largest absolute Gasteiger partial charge is 0.367 e. The van der Waals surface area contributed by atoms with Gasteiger partial charge in [-0.15, -0.1) is 0 Å². The lowest BCUT2D eigenvalue weighted by atomic mass is 10.1. The first-order valence-electron chi connectivity index (χ1n) is 11.5. The van der Waals surface area contributed by atoms with Gasteiger partial charge in [0.2, 0.25) is 0 Å². The molecule has 3 aliphatic heterocycles. The molecule has 7 nitrogen and oxygen atoms in total. The Morgan fingerprint density at radius 2 is 1.94 bits per heavy atom. The number of rotatable bonds is 2. The van der Waals surface area contributed by atoms with Crippen molar-refractivity contribution < 1.29 is 0 Å². The molecule has 0 spiro atoms. The number of anilines is 1. The lowest BCUT2D eigenvalue weighted by Gasteiger charge is -2.26. The first kappa shape index (κ1) is 18.7. The van der Waals surface area contributed by atoms with Crippen molar-refractivity contribution in [1.82, 2.24) is 24.6 Å². The third-order valence-electron chi connectivity index (χ3n) is 7.38. The van der Waals surface area contributed by atoms with Crippen LogP contribution in [0.4, 0.5) is 5.69 Å². The summed E-state index contributed by atoms with van der Waals surface area (Å²) in [5.41, 5.74) is 7.56. The van der Waals surface area contributed by atoms with E-state index in [0.717, 1.165) is 48.0 Å². The molecule has 2 aromatic heterocycles. The lowest BCUT2D eigenvalue weighted by Crippen LogP contribution is -2.34. The number of fused-ring (bicyclic) bond motifs is 6. The molecule has 7 rings (SSSR count). The molecule has 7 heteroatoms. The van der Waals surface area contributed by atoms with Crippen molar-refractivity contribution >= 4 is 5.69 Å². The van der Waals surface area contributed by atoms with Crippen molar-refractivity contribution in [3.05, 3.63) is 72.2 Å². The van der Waals surface area contributed by atoms with E-state index in [1.54, 1.807) is 6.33 Å². The highest BCUT2D eigenvalue weighted by molar-refractivity contribution is 5.72. The Hall–Kier alpha value is -3.89. The molecule has 1 N–H and O–H groups in total. The van der Waals surface area contributed by atoms with Gasteiger partial charge >= 0.3 is 0 Å². The summed E-state index contributed by atoms with van der Waals surface area (Å²) < 4.78 is 4.23. The second-order valence-corrected chi connectivity index (χ2v) is 9.14. The molecule has 162 valence electrons. The lowest BCUT2D eigenvalue weighted by molar-refractivity contribution is 0.601. The molecule has 5 heterocycles. The molecule has 0 amide bonds. The Morgan fingerprint density at radius 1 is 1.03 bits per heavy atom. The zero-order valence-corrected chi connectivity index (χ0v) is 18.1. The second kappa shape index (κ2) is 7.06. The van der Waals surface area contributed by atoms with Crippen LogP contribution in [0.3, 0.4) is 0 Å². The van der Waals surface area contributed by atoms with Gasteiger partial charge in [-0.25, -0.2) is 9.67 Å². The fraction of sp³-hybridized carbons (Fsp3) is 0.269. The van der Waals surface area contributed by atoms with Crippen LogP contribution in [0, 0.1) is 11.3 Å². The topological polar surface area (TPSA) is 74.7 Å². The maximum Gasteiger partial charge on any atom is 0.179 e. The van der Waals surface area contributed by atoms with E-state index in [1.165, 1.54) is 24.1 Å². The van der Waals surface area contributed by atoms with Crippen molar-refractivity contribution in [2.75, 3.05) is 18.0 Å². The molecular weight excluding hydrogens is 410 g/mol. The fourth-order valence-electron chi connectivity index (χ4n) is 5.77. The number of nitrogens with one attached hydrogen (secondary N) is 1. The van der Waals surface area contributed by atoms with Gasteiger partial charge in [-0.1, -0.05) is 12.1 Å². The number of benzene rings is 2. The number of hydrogen-bond donors (Lipinski definition) is 1. The summed E-state index contributed by atoms with van der Waals surface area (Å²) in [6.07, 6.45) is 6.24. The summed E-state index contributed by atoms with van der Waals surface area (Å²) in [5, 5.41) is 17.3. The van der Waals surface area contributed by atoms with Crippen LogP contribution in [0.1, 0.15) is 24.0 Å². The number of nitriles is 1. The summed E-state index contributed by atoms with van der Waals surface area (Å²) >= 11 is 0. The van der Waals surface area contributed by atoms with Gasteiger partial charge in [0.25, 0.3) is 0 Å². The maximum absolute atomic E-state index is 9.11. The van der Waals surface area contributed by atoms with Gasteiger partial charge < -0.3 is 14.8 Å². The molecule has 2 fully saturated rings. The van der Waals surface area contributed by atoms with Crippen LogP contribution in [-0.4, -0.2) is 44.5 Å². The Balaban J connectivity index is 1.31. The molecule has 4 aromatic rings. The van der Waals surface area contributed by atoms with E-state index in [9.17, 15) is 0 Å². The Kier molecular flexibility index (Phi) is 3.99. The van der Waals surface area contributed by atoms with Gasteiger partial charge in [-0.05, 0) is 66.9 Å². The molecule has 0 aliphatic carbocycles. The summed E-state index contributed by atoms with van der Waals surface area (Å²) in [5.74, 6) is 0.850. The van der Waals surface area contributed by atoms with Crippen LogP contribution < -0.4 is 10.2 Å². The molecule has 0 bridgehead atoms. The highest BCUT2D eigenvalue weighted by atomic mass is 15.4. The number of hydrogen-bond acceptors (Lipinski definition) is 5.